The predicted molar refractivity (Wildman–Crippen MR) is 106 cm³/mol. The van der Waals surface area contributed by atoms with Crippen LogP contribution in [0, 0.1) is 10.1 Å². The zero-order chi connectivity index (χ0) is 21.5. The number of rotatable bonds is 8. The Labute approximate surface area is 171 Å². The van der Waals surface area contributed by atoms with Crippen LogP contribution in [0.4, 0.5) is 11.6 Å². The monoisotopic (exact) mass is 410 g/mol. The first-order valence-corrected chi connectivity index (χ1v) is 8.95. The van der Waals surface area contributed by atoms with Crippen molar-refractivity contribution in [3.8, 4) is 5.75 Å². The van der Waals surface area contributed by atoms with E-state index < -0.39 is 28.8 Å². The summed E-state index contributed by atoms with van der Waals surface area (Å²) >= 11 is 0. The van der Waals surface area contributed by atoms with Crippen LogP contribution >= 0.6 is 0 Å². The van der Waals surface area contributed by atoms with Crippen molar-refractivity contribution in [1.82, 2.24) is 0 Å². The molecule has 0 radical (unpaired) electrons. The molecule has 0 aliphatic heterocycles. The van der Waals surface area contributed by atoms with Crippen molar-refractivity contribution in [2.24, 2.45) is 0 Å². The highest BCUT2D eigenvalue weighted by Gasteiger charge is 2.23. The molecule has 1 aromatic heterocycles. The van der Waals surface area contributed by atoms with E-state index in [1.165, 1.54) is 6.92 Å². The Bertz CT molecular complexity index is 1030. The van der Waals surface area contributed by atoms with Gasteiger partial charge in [0.2, 0.25) is 5.76 Å². The molecule has 1 amide bonds. The maximum absolute atomic E-state index is 12.2. The third-order valence-corrected chi connectivity index (χ3v) is 4.00. The summed E-state index contributed by atoms with van der Waals surface area (Å²) in [7, 11) is 0. The molecule has 0 saturated carbocycles. The lowest BCUT2D eigenvalue weighted by atomic mass is 10.2. The van der Waals surface area contributed by atoms with E-state index >= 15 is 0 Å². The highest BCUT2D eigenvalue weighted by Crippen LogP contribution is 2.19. The number of anilines is 1. The molecule has 1 unspecified atom stereocenters. The second-order valence-corrected chi connectivity index (χ2v) is 6.23. The Hall–Kier alpha value is -4.14. The van der Waals surface area contributed by atoms with Gasteiger partial charge in [-0.2, -0.15) is 0 Å². The van der Waals surface area contributed by atoms with E-state index in [0.29, 0.717) is 18.0 Å². The summed E-state index contributed by atoms with van der Waals surface area (Å²) in [6.45, 7) is 1.80. The zero-order valence-electron chi connectivity index (χ0n) is 15.9. The molecular weight excluding hydrogens is 392 g/mol. The topological polar surface area (TPSA) is 121 Å². The van der Waals surface area contributed by atoms with Crippen LogP contribution in [0.3, 0.4) is 0 Å². The molecule has 9 nitrogen and oxygen atoms in total. The second-order valence-electron chi connectivity index (χ2n) is 6.23. The summed E-state index contributed by atoms with van der Waals surface area (Å²) in [5.74, 6) is -1.86. The van der Waals surface area contributed by atoms with Crippen molar-refractivity contribution in [3.05, 3.63) is 88.2 Å². The van der Waals surface area contributed by atoms with E-state index in [-0.39, 0.29) is 5.76 Å². The average molecular weight is 410 g/mol. The zero-order valence-corrected chi connectivity index (χ0v) is 15.9. The first kappa shape index (κ1) is 20.6. The minimum atomic E-state index is -1.14. The molecular formula is C21H18N2O7. The summed E-state index contributed by atoms with van der Waals surface area (Å²) in [4.78, 5) is 34.0. The number of esters is 1. The number of hydrogen-bond donors (Lipinski definition) is 1. The van der Waals surface area contributed by atoms with E-state index in [1.54, 1.807) is 24.3 Å². The lowest BCUT2D eigenvalue weighted by molar-refractivity contribution is -0.402. The van der Waals surface area contributed by atoms with Gasteiger partial charge in [0.15, 0.2) is 6.10 Å². The number of carbonyl (C=O) groups is 2. The van der Waals surface area contributed by atoms with Crippen LogP contribution in [-0.4, -0.2) is 22.9 Å². The van der Waals surface area contributed by atoms with E-state index in [2.05, 4.69) is 5.32 Å². The third kappa shape index (κ3) is 5.44. The first-order chi connectivity index (χ1) is 14.4. The average Bonchev–Trinajstić information content (AvgIpc) is 3.25. The van der Waals surface area contributed by atoms with Crippen molar-refractivity contribution < 1.29 is 28.4 Å². The molecule has 0 spiro atoms. The van der Waals surface area contributed by atoms with E-state index in [4.69, 9.17) is 13.9 Å². The number of hydrogen-bond acceptors (Lipinski definition) is 7. The minimum Gasteiger partial charge on any atom is -0.489 e. The maximum Gasteiger partial charge on any atom is 0.433 e. The molecule has 0 aliphatic carbocycles. The van der Waals surface area contributed by atoms with Crippen LogP contribution < -0.4 is 10.1 Å². The summed E-state index contributed by atoms with van der Waals surface area (Å²) in [6, 6.07) is 18.6. The molecule has 1 N–H and O–H groups in total. The van der Waals surface area contributed by atoms with Gasteiger partial charge in [0.05, 0.1) is 6.07 Å². The van der Waals surface area contributed by atoms with Crippen molar-refractivity contribution >= 4 is 23.4 Å². The minimum absolute atomic E-state index is 0.360. The van der Waals surface area contributed by atoms with Crippen molar-refractivity contribution in [2.45, 2.75) is 19.6 Å². The number of nitrogens with one attached hydrogen (secondary N) is 1. The van der Waals surface area contributed by atoms with Crippen molar-refractivity contribution in [2.75, 3.05) is 5.32 Å². The summed E-state index contributed by atoms with van der Waals surface area (Å²) in [6.07, 6.45) is -1.14. The lowest BCUT2D eigenvalue weighted by Crippen LogP contribution is -2.29. The van der Waals surface area contributed by atoms with Gasteiger partial charge in [-0.3, -0.25) is 14.9 Å². The van der Waals surface area contributed by atoms with Gasteiger partial charge in [-0.25, -0.2) is 4.79 Å². The van der Waals surface area contributed by atoms with Gasteiger partial charge in [0.1, 0.15) is 17.3 Å². The van der Waals surface area contributed by atoms with Gasteiger partial charge in [0, 0.05) is 5.69 Å². The summed E-state index contributed by atoms with van der Waals surface area (Å²) < 4.78 is 15.4. The van der Waals surface area contributed by atoms with Crippen LogP contribution in [-0.2, 0) is 16.1 Å². The molecule has 1 heterocycles. The summed E-state index contributed by atoms with van der Waals surface area (Å²) in [5, 5.41) is 13.2. The number of carbonyl (C=O) groups excluding carboxylic acids is 2. The Kier molecular flexibility index (Phi) is 6.43. The Morgan fingerprint density at radius 1 is 1.07 bits per heavy atom. The first-order valence-electron chi connectivity index (χ1n) is 8.95. The standard InChI is InChI=1S/C21H18N2O7/c1-14(29-21(25)18-11-12-19(30-18)23(26)27)20(24)22-16-7-9-17(10-8-16)28-13-15-5-3-2-4-6-15/h2-12,14H,13H2,1H3,(H,22,24). The van der Waals surface area contributed by atoms with Crippen LogP contribution in [0.5, 0.6) is 5.75 Å². The van der Waals surface area contributed by atoms with Crippen LogP contribution in [0.25, 0.3) is 0 Å². The molecule has 1 atom stereocenters. The Morgan fingerprint density at radius 2 is 1.77 bits per heavy atom. The number of benzene rings is 2. The normalized spacial score (nSPS) is 11.4. The fraction of sp³-hybridized carbons (Fsp3) is 0.143. The lowest BCUT2D eigenvalue weighted by Gasteiger charge is -2.13. The van der Waals surface area contributed by atoms with Crippen LogP contribution in [0.15, 0.2) is 71.1 Å². The number of amides is 1. The van der Waals surface area contributed by atoms with Gasteiger partial charge >= 0.3 is 11.9 Å². The second kappa shape index (κ2) is 9.37. The van der Waals surface area contributed by atoms with Crippen LogP contribution in [0.2, 0.25) is 0 Å². The van der Waals surface area contributed by atoms with Gasteiger partial charge in [0.25, 0.3) is 5.91 Å². The van der Waals surface area contributed by atoms with Gasteiger partial charge in [-0.05, 0) is 42.8 Å². The quantitative estimate of drug-likeness (QED) is 0.339. The molecule has 154 valence electrons. The molecule has 2 aromatic carbocycles. The molecule has 3 aromatic rings. The highest BCUT2D eigenvalue weighted by molar-refractivity contribution is 5.96. The largest absolute Gasteiger partial charge is 0.489 e. The molecule has 3 rings (SSSR count). The molecule has 0 aliphatic rings. The van der Waals surface area contributed by atoms with Crippen molar-refractivity contribution in [1.29, 1.82) is 0 Å². The van der Waals surface area contributed by atoms with Gasteiger partial charge in [-0.15, -0.1) is 0 Å². The van der Waals surface area contributed by atoms with Gasteiger partial charge in [-0.1, -0.05) is 30.3 Å². The molecule has 0 saturated heterocycles. The number of ether oxygens (including phenoxy) is 2. The Morgan fingerprint density at radius 3 is 2.40 bits per heavy atom. The van der Waals surface area contributed by atoms with Crippen molar-refractivity contribution in [3.63, 3.8) is 0 Å². The molecule has 30 heavy (non-hydrogen) atoms. The molecule has 0 bridgehead atoms. The Balaban J connectivity index is 1.50. The fourth-order valence-corrected chi connectivity index (χ4v) is 2.43. The van der Waals surface area contributed by atoms with E-state index in [0.717, 1.165) is 17.7 Å². The number of furan rings is 1. The third-order valence-electron chi connectivity index (χ3n) is 4.00. The number of nitrogens with zero attached hydrogens (tertiary/aromatic N) is 1. The molecule has 9 heteroatoms. The molecule has 0 fully saturated rings. The summed E-state index contributed by atoms with van der Waals surface area (Å²) in [5.41, 5.74) is 1.52. The van der Waals surface area contributed by atoms with Gasteiger partial charge < -0.3 is 19.2 Å². The highest BCUT2D eigenvalue weighted by atomic mass is 16.7. The maximum atomic E-state index is 12.2. The smallest absolute Gasteiger partial charge is 0.433 e. The number of nitro groups is 1. The fourth-order valence-electron chi connectivity index (χ4n) is 2.43. The SMILES string of the molecule is CC(OC(=O)c1ccc([N+](=O)[O-])o1)C(=O)Nc1ccc(OCc2ccccc2)cc1. The predicted octanol–water partition coefficient (Wildman–Crippen LogP) is 3.95. The van der Waals surface area contributed by atoms with E-state index in [9.17, 15) is 19.7 Å². The van der Waals surface area contributed by atoms with Crippen LogP contribution in [0.1, 0.15) is 23.0 Å². The van der Waals surface area contributed by atoms with E-state index in [1.807, 2.05) is 30.3 Å².